The highest BCUT2D eigenvalue weighted by Crippen LogP contribution is 2.30. The first kappa shape index (κ1) is 25.1. The van der Waals surface area contributed by atoms with E-state index < -0.39 is 0 Å². The highest BCUT2D eigenvalue weighted by atomic mass is 16.5. The summed E-state index contributed by atoms with van der Waals surface area (Å²) in [5.74, 6) is 1.31. The minimum absolute atomic E-state index is 0.00231. The van der Waals surface area contributed by atoms with Crippen molar-refractivity contribution in [2.45, 2.75) is 45.6 Å². The molecule has 0 bridgehead atoms. The number of hydrogen-bond donors (Lipinski definition) is 2. The second kappa shape index (κ2) is 10.9. The molecule has 4 aromatic rings. The molecule has 2 aromatic heterocycles. The van der Waals surface area contributed by atoms with Gasteiger partial charge < -0.3 is 15.4 Å². The second-order valence-electron chi connectivity index (χ2n) is 10.4. The summed E-state index contributed by atoms with van der Waals surface area (Å²) in [6.07, 6.45) is 7.37. The zero-order chi connectivity index (χ0) is 26.8. The number of nitrogens with one attached hydrogen (secondary N) is 2. The van der Waals surface area contributed by atoms with Gasteiger partial charge in [-0.1, -0.05) is 24.6 Å². The Labute approximate surface area is 227 Å². The molecule has 1 aliphatic carbocycles. The Morgan fingerprint density at radius 3 is 2.54 bits per heavy atom. The van der Waals surface area contributed by atoms with Crippen LogP contribution in [0.3, 0.4) is 0 Å². The van der Waals surface area contributed by atoms with Crippen LogP contribution < -0.4 is 15.4 Å². The van der Waals surface area contributed by atoms with Gasteiger partial charge >= 0.3 is 0 Å². The summed E-state index contributed by atoms with van der Waals surface area (Å²) < 4.78 is 7.57. The molecule has 1 saturated carbocycles. The van der Waals surface area contributed by atoms with Crippen molar-refractivity contribution in [3.63, 3.8) is 0 Å². The molecular weight excluding hydrogens is 492 g/mol. The van der Waals surface area contributed by atoms with E-state index in [-0.39, 0.29) is 17.7 Å². The number of imidazole rings is 1. The number of fused-ring (bicyclic) bond motifs is 1. The van der Waals surface area contributed by atoms with Crippen LogP contribution in [0.5, 0.6) is 11.6 Å². The van der Waals surface area contributed by atoms with Gasteiger partial charge in [0, 0.05) is 35.8 Å². The Balaban J connectivity index is 1.10. The smallest absolute Gasteiger partial charge is 0.255 e. The maximum absolute atomic E-state index is 13.0. The molecule has 2 amide bonds. The number of aromatic nitrogens is 3. The van der Waals surface area contributed by atoms with Crippen LogP contribution >= 0.6 is 0 Å². The topological polar surface area (TPSA) is 101 Å². The van der Waals surface area contributed by atoms with Crippen molar-refractivity contribution in [3.05, 3.63) is 77.5 Å². The molecule has 1 saturated heterocycles. The lowest BCUT2D eigenvalue weighted by Crippen LogP contribution is -2.29. The quantitative estimate of drug-likeness (QED) is 0.319. The van der Waals surface area contributed by atoms with Crippen molar-refractivity contribution in [1.29, 1.82) is 0 Å². The average molecular weight is 525 g/mol. The second-order valence-corrected chi connectivity index (χ2v) is 10.4. The first-order chi connectivity index (χ1) is 19.0. The lowest BCUT2D eigenvalue weighted by atomic mass is 10.1. The van der Waals surface area contributed by atoms with Crippen LogP contribution in [0.25, 0.3) is 5.65 Å². The molecule has 2 N–H and O–H groups in total. The molecule has 6 rings (SSSR count). The largest absolute Gasteiger partial charge is 0.438 e. The molecule has 0 spiro atoms. The van der Waals surface area contributed by atoms with E-state index in [2.05, 4.69) is 25.6 Å². The molecule has 9 nitrogen and oxygen atoms in total. The minimum atomic E-state index is -0.168. The Hall–Kier alpha value is -4.24. The summed E-state index contributed by atoms with van der Waals surface area (Å²) in [6.45, 7) is 5.15. The summed E-state index contributed by atoms with van der Waals surface area (Å²) in [7, 11) is 0. The lowest BCUT2D eigenvalue weighted by Gasteiger charge is -2.26. The number of benzene rings is 2. The summed E-state index contributed by atoms with van der Waals surface area (Å²) in [5, 5.41) is 10.3. The lowest BCUT2D eigenvalue weighted by molar-refractivity contribution is -0.117. The number of anilines is 2. The number of ether oxygens (including phenoxy) is 1. The van der Waals surface area contributed by atoms with Crippen molar-refractivity contribution < 1.29 is 14.3 Å². The first-order valence-corrected chi connectivity index (χ1v) is 13.6. The van der Waals surface area contributed by atoms with E-state index in [9.17, 15) is 9.59 Å². The number of piperidine rings is 1. The molecule has 0 radical (unpaired) electrons. The van der Waals surface area contributed by atoms with Gasteiger partial charge in [0.2, 0.25) is 11.8 Å². The van der Waals surface area contributed by atoms with Gasteiger partial charge in [-0.2, -0.15) is 0 Å². The predicted octanol–water partition coefficient (Wildman–Crippen LogP) is 5.42. The summed E-state index contributed by atoms with van der Waals surface area (Å²) in [6, 6.07) is 16.9. The third-order valence-electron chi connectivity index (χ3n) is 7.25. The van der Waals surface area contributed by atoms with Crippen LogP contribution in [0, 0.1) is 12.8 Å². The van der Waals surface area contributed by atoms with E-state index in [4.69, 9.17) is 4.74 Å². The predicted molar refractivity (Wildman–Crippen MR) is 149 cm³/mol. The van der Waals surface area contributed by atoms with Gasteiger partial charge in [0.05, 0.1) is 6.20 Å². The van der Waals surface area contributed by atoms with E-state index in [0.29, 0.717) is 34.3 Å². The molecule has 3 heterocycles. The van der Waals surface area contributed by atoms with Gasteiger partial charge in [-0.25, -0.2) is 9.50 Å². The monoisotopic (exact) mass is 524 g/mol. The van der Waals surface area contributed by atoms with Crippen LogP contribution in [-0.4, -0.2) is 44.4 Å². The maximum atomic E-state index is 13.0. The fraction of sp³-hybridized carbons (Fsp3) is 0.333. The molecule has 0 atom stereocenters. The number of nitrogens with zero attached hydrogens (tertiary/aromatic N) is 4. The first-order valence-electron chi connectivity index (χ1n) is 13.6. The van der Waals surface area contributed by atoms with E-state index in [0.717, 1.165) is 38.0 Å². The highest BCUT2D eigenvalue weighted by Gasteiger charge is 2.30. The van der Waals surface area contributed by atoms with E-state index >= 15 is 0 Å². The Morgan fingerprint density at radius 1 is 0.974 bits per heavy atom. The van der Waals surface area contributed by atoms with Crippen molar-refractivity contribution >= 4 is 29.0 Å². The van der Waals surface area contributed by atoms with Gasteiger partial charge in [-0.05, 0) is 81.1 Å². The minimum Gasteiger partial charge on any atom is -0.438 e. The van der Waals surface area contributed by atoms with Crippen molar-refractivity contribution in [2.24, 2.45) is 5.92 Å². The maximum Gasteiger partial charge on any atom is 0.255 e. The van der Waals surface area contributed by atoms with Gasteiger partial charge in [-0.3, -0.25) is 14.5 Å². The number of amides is 2. The number of carbonyl (C=O) groups excluding carboxylic acids is 2. The summed E-state index contributed by atoms with van der Waals surface area (Å²) >= 11 is 0. The zero-order valence-corrected chi connectivity index (χ0v) is 22.0. The van der Waals surface area contributed by atoms with Crippen molar-refractivity contribution in [2.75, 3.05) is 23.7 Å². The Morgan fingerprint density at radius 2 is 1.77 bits per heavy atom. The van der Waals surface area contributed by atoms with Crippen LogP contribution in [0.15, 0.2) is 60.8 Å². The molecule has 200 valence electrons. The molecule has 9 heteroatoms. The third-order valence-corrected chi connectivity index (χ3v) is 7.25. The van der Waals surface area contributed by atoms with Crippen LogP contribution in [0.4, 0.5) is 11.5 Å². The molecule has 0 unspecified atom stereocenters. The van der Waals surface area contributed by atoms with Crippen molar-refractivity contribution in [1.82, 2.24) is 19.5 Å². The van der Waals surface area contributed by atoms with Gasteiger partial charge in [0.15, 0.2) is 11.5 Å². The van der Waals surface area contributed by atoms with Crippen LogP contribution in [0.2, 0.25) is 0 Å². The number of likely N-dealkylation sites (tertiary alicyclic amines) is 1. The summed E-state index contributed by atoms with van der Waals surface area (Å²) in [4.78, 5) is 31.9. The standard InChI is InChI=1S/C30H32N6O3/c1-20-5-12-24(39-28-14-13-27-32-26(19-36(27)34-28)33-30(38)23-10-11-23)17-25(20)31-29(37)22-8-6-21(7-9-22)18-35-15-3-2-4-16-35/h5-9,12-14,17,19,23H,2-4,10-11,15-16,18H2,1H3,(H,31,37)(H,33,38). The Kier molecular flexibility index (Phi) is 6.98. The molecule has 39 heavy (non-hydrogen) atoms. The average Bonchev–Trinajstić information content (AvgIpc) is 3.72. The van der Waals surface area contributed by atoms with Crippen LogP contribution in [0.1, 0.15) is 53.6 Å². The number of aryl methyl sites for hydroxylation is 1. The SMILES string of the molecule is Cc1ccc(Oc2ccc3nc(NC(=O)C4CC4)cn3n2)cc1NC(=O)c1ccc(CN2CCCCC2)cc1. The van der Waals surface area contributed by atoms with E-state index in [1.165, 1.54) is 24.8 Å². The zero-order valence-electron chi connectivity index (χ0n) is 22.0. The fourth-order valence-electron chi connectivity index (χ4n) is 4.80. The molecule has 2 aromatic carbocycles. The summed E-state index contributed by atoms with van der Waals surface area (Å²) in [5.41, 5.74) is 4.03. The van der Waals surface area contributed by atoms with Gasteiger partial charge in [-0.15, -0.1) is 5.10 Å². The third kappa shape index (κ3) is 6.09. The number of carbonyl (C=O) groups is 2. The van der Waals surface area contributed by atoms with E-state index in [1.54, 1.807) is 28.9 Å². The fourth-order valence-corrected chi connectivity index (χ4v) is 4.80. The molecule has 1 aliphatic heterocycles. The molecule has 2 fully saturated rings. The van der Waals surface area contributed by atoms with Crippen molar-refractivity contribution in [3.8, 4) is 11.6 Å². The number of hydrogen-bond acceptors (Lipinski definition) is 6. The van der Waals surface area contributed by atoms with Crippen LogP contribution in [-0.2, 0) is 11.3 Å². The highest BCUT2D eigenvalue weighted by molar-refractivity contribution is 6.04. The Bertz CT molecular complexity index is 1500. The van der Waals surface area contributed by atoms with Gasteiger partial charge in [0.25, 0.3) is 5.91 Å². The molecule has 2 aliphatic rings. The molecular formula is C30H32N6O3. The number of rotatable bonds is 8. The van der Waals surface area contributed by atoms with E-state index in [1.807, 2.05) is 43.3 Å². The normalized spacial score (nSPS) is 15.7. The van der Waals surface area contributed by atoms with Gasteiger partial charge in [0.1, 0.15) is 5.75 Å².